The number of benzene rings is 1. The molecule has 1 heterocycles. The van der Waals surface area contributed by atoms with Crippen LogP contribution < -0.4 is 11.5 Å². The van der Waals surface area contributed by atoms with Crippen molar-refractivity contribution in [1.29, 1.82) is 0 Å². The van der Waals surface area contributed by atoms with Crippen LogP contribution in [0.25, 0.3) is 10.9 Å². The first kappa shape index (κ1) is 10.1. The van der Waals surface area contributed by atoms with Crippen molar-refractivity contribution >= 4 is 22.8 Å². The van der Waals surface area contributed by atoms with E-state index in [1.54, 1.807) is 18.3 Å². The Morgan fingerprint density at radius 2 is 1.94 bits per heavy atom. The number of carbonyl (C=O) groups is 1. The molecule has 2 aromatic rings. The Bertz CT molecular complexity index is 568. The van der Waals surface area contributed by atoms with Gasteiger partial charge in [0.1, 0.15) is 0 Å². The maximum absolute atomic E-state index is 11.7. The summed E-state index contributed by atoms with van der Waals surface area (Å²) in [6.07, 6.45) is 1.55. The zero-order chi connectivity index (χ0) is 11.5. The maximum atomic E-state index is 11.7. The van der Waals surface area contributed by atoms with Gasteiger partial charge < -0.3 is 11.5 Å². The van der Waals surface area contributed by atoms with Gasteiger partial charge in [-0.3, -0.25) is 9.78 Å². The Balaban J connectivity index is 2.61. The van der Waals surface area contributed by atoms with Crippen LogP contribution in [0.3, 0.4) is 0 Å². The van der Waals surface area contributed by atoms with E-state index in [1.807, 2.05) is 18.2 Å². The third kappa shape index (κ3) is 1.83. The summed E-state index contributed by atoms with van der Waals surface area (Å²) in [6.45, 7) is 0. The van der Waals surface area contributed by atoms with Gasteiger partial charge in [-0.15, -0.1) is 0 Å². The molecule has 0 fully saturated rings. The number of nitrogens with two attached hydrogens (primary N) is 2. The van der Waals surface area contributed by atoms with Gasteiger partial charge in [0.05, 0.1) is 11.1 Å². The predicted octanol–water partition coefficient (Wildman–Crippen LogP) is 0.648. The van der Waals surface area contributed by atoms with Gasteiger partial charge in [0.25, 0.3) is 5.91 Å². The van der Waals surface area contributed by atoms with E-state index in [2.05, 4.69) is 9.98 Å². The van der Waals surface area contributed by atoms with Crippen LogP contribution in [0, 0.1) is 0 Å². The van der Waals surface area contributed by atoms with Crippen molar-refractivity contribution in [2.75, 3.05) is 0 Å². The van der Waals surface area contributed by atoms with E-state index in [9.17, 15) is 4.79 Å². The third-order valence-electron chi connectivity index (χ3n) is 2.11. The molecule has 5 heteroatoms. The summed E-state index contributed by atoms with van der Waals surface area (Å²) in [6, 6.07) is 8.90. The van der Waals surface area contributed by atoms with Crippen molar-refractivity contribution in [1.82, 2.24) is 4.98 Å². The van der Waals surface area contributed by atoms with Gasteiger partial charge in [-0.2, -0.15) is 4.99 Å². The molecular formula is C11H10N4O. The summed E-state index contributed by atoms with van der Waals surface area (Å²) in [5, 5.41) is 0.736. The van der Waals surface area contributed by atoms with Crippen molar-refractivity contribution in [2.45, 2.75) is 0 Å². The largest absolute Gasteiger partial charge is 0.370 e. The summed E-state index contributed by atoms with van der Waals surface area (Å²) < 4.78 is 0. The highest BCUT2D eigenvalue weighted by Gasteiger charge is 2.08. The Kier molecular flexibility index (Phi) is 2.51. The molecule has 0 saturated heterocycles. The van der Waals surface area contributed by atoms with Gasteiger partial charge in [-0.1, -0.05) is 18.2 Å². The average Bonchev–Trinajstić information content (AvgIpc) is 2.27. The average molecular weight is 214 g/mol. The van der Waals surface area contributed by atoms with E-state index < -0.39 is 5.91 Å². The van der Waals surface area contributed by atoms with Crippen molar-refractivity contribution in [3.05, 3.63) is 42.1 Å². The number of amides is 1. The second-order valence-electron chi connectivity index (χ2n) is 3.22. The van der Waals surface area contributed by atoms with Gasteiger partial charge in [-0.05, 0) is 12.1 Å². The van der Waals surface area contributed by atoms with Gasteiger partial charge in [0.15, 0.2) is 5.96 Å². The van der Waals surface area contributed by atoms with E-state index in [0.29, 0.717) is 5.56 Å². The SMILES string of the molecule is NC(N)=NC(=O)c1ccnc2ccccc12. The van der Waals surface area contributed by atoms with Crippen LogP contribution in [0.15, 0.2) is 41.5 Å². The quantitative estimate of drug-likeness (QED) is 0.538. The highest BCUT2D eigenvalue weighted by Crippen LogP contribution is 2.16. The zero-order valence-corrected chi connectivity index (χ0v) is 8.42. The molecular weight excluding hydrogens is 204 g/mol. The summed E-state index contributed by atoms with van der Waals surface area (Å²) in [5.41, 5.74) is 11.5. The lowest BCUT2D eigenvalue weighted by atomic mass is 10.1. The maximum Gasteiger partial charge on any atom is 0.280 e. The third-order valence-corrected chi connectivity index (χ3v) is 2.11. The molecule has 16 heavy (non-hydrogen) atoms. The lowest BCUT2D eigenvalue weighted by molar-refractivity contribution is 0.100. The molecule has 0 saturated carbocycles. The van der Waals surface area contributed by atoms with Crippen LogP contribution in [-0.4, -0.2) is 16.9 Å². The number of nitrogens with zero attached hydrogens (tertiary/aromatic N) is 2. The first-order valence-corrected chi connectivity index (χ1v) is 4.66. The topological polar surface area (TPSA) is 94.4 Å². The number of para-hydroxylation sites is 1. The molecule has 0 aliphatic carbocycles. The summed E-state index contributed by atoms with van der Waals surface area (Å²) in [7, 11) is 0. The molecule has 0 spiro atoms. The zero-order valence-electron chi connectivity index (χ0n) is 8.42. The second-order valence-corrected chi connectivity index (χ2v) is 3.22. The standard InChI is InChI=1S/C11H10N4O/c12-11(13)15-10(16)8-5-6-14-9-4-2-1-3-7(8)9/h1-6H,(H4,12,13,15,16). The van der Waals surface area contributed by atoms with Crippen LogP contribution in [0.5, 0.6) is 0 Å². The van der Waals surface area contributed by atoms with Crippen LogP contribution in [0.1, 0.15) is 10.4 Å². The Morgan fingerprint density at radius 3 is 2.69 bits per heavy atom. The number of hydrogen-bond donors (Lipinski definition) is 2. The van der Waals surface area contributed by atoms with Crippen molar-refractivity contribution in [2.24, 2.45) is 16.5 Å². The Hall–Kier alpha value is -2.43. The molecule has 0 radical (unpaired) electrons. The van der Waals surface area contributed by atoms with E-state index in [-0.39, 0.29) is 5.96 Å². The van der Waals surface area contributed by atoms with Crippen LogP contribution in [-0.2, 0) is 0 Å². The lowest BCUT2D eigenvalue weighted by Crippen LogP contribution is -2.24. The molecule has 80 valence electrons. The molecule has 2 rings (SSSR count). The molecule has 0 aliphatic rings. The molecule has 0 aliphatic heterocycles. The first-order valence-electron chi connectivity index (χ1n) is 4.66. The lowest BCUT2D eigenvalue weighted by Gasteiger charge is -2.01. The first-order chi connectivity index (χ1) is 7.68. The Labute approximate surface area is 91.8 Å². The van der Waals surface area contributed by atoms with Gasteiger partial charge in [0, 0.05) is 11.6 Å². The molecule has 1 amide bonds. The minimum atomic E-state index is -0.460. The van der Waals surface area contributed by atoms with E-state index >= 15 is 0 Å². The monoisotopic (exact) mass is 214 g/mol. The molecule has 1 aromatic carbocycles. The van der Waals surface area contributed by atoms with Gasteiger partial charge >= 0.3 is 0 Å². The van der Waals surface area contributed by atoms with Gasteiger partial charge in [-0.25, -0.2) is 0 Å². The fourth-order valence-electron chi connectivity index (χ4n) is 1.46. The number of aromatic nitrogens is 1. The van der Waals surface area contributed by atoms with Crippen molar-refractivity contribution < 1.29 is 4.79 Å². The van der Waals surface area contributed by atoms with E-state index in [1.165, 1.54) is 0 Å². The van der Waals surface area contributed by atoms with Crippen LogP contribution >= 0.6 is 0 Å². The second kappa shape index (κ2) is 3.98. The molecule has 0 bridgehead atoms. The normalized spacial score (nSPS) is 10.0. The number of fused-ring (bicyclic) bond motifs is 1. The number of guanidine groups is 1. The number of carbonyl (C=O) groups excluding carboxylic acids is 1. The molecule has 5 nitrogen and oxygen atoms in total. The van der Waals surface area contributed by atoms with Gasteiger partial charge in [0.2, 0.25) is 0 Å². The molecule has 1 aromatic heterocycles. The smallest absolute Gasteiger partial charge is 0.280 e. The number of rotatable bonds is 1. The highest BCUT2D eigenvalue weighted by molar-refractivity contribution is 6.09. The molecule has 0 atom stereocenters. The number of hydrogen-bond acceptors (Lipinski definition) is 2. The predicted molar refractivity (Wildman–Crippen MR) is 61.9 cm³/mol. The summed E-state index contributed by atoms with van der Waals surface area (Å²) in [4.78, 5) is 19.3. The highest BCUT2D eigenvalue weighted by atomic mass is 16.1. The molecule has 4 N–H and O–H groups in total. The van der Waals surface area contributed by atoms with E-state index in [4.69, 9.17) is 11.5 Å². The van der Waals surface area contributed by atoms with Crippen molar-refractivity contribution in [3.63, 3.8) is 0 Å². The molecule has 0 unspecified atom stereocenters. The minimum absolute atomic E-state index is 0.245. The Morgan fingerprint density at radius 1 is 1.19 bits per heavy atom. The van der Waals surface area contributed by atoms with Crippen LogP contribution in [0.2, 0.25) is 0 Å². The fourth-order valence-corrected chi connectivity index (χ4v) is 1.46. The van der Waals surface area contributed by atoms with Crippen molar-refractivity contribution in [3.8, 4) is 0 Å². The number of pyridine rings is 1. The fraction of sp³-hybridized carbons (Fsp3) is 0. The summed E-state index contributed by atoms with van der Waals surface area (Å²) in [5.74, 6) is -0.704. The number of aliphatic imine (C=N–C) groups is 1. The minimum Gasteiger partial charge on any atom is -0.370 e. The van der Waals surface area contributed by atoms with E-state index in [0.717, 1.165) is 10.9 Å². The summed E-state index contributed by atoms with van der Waals surface area (Å²) >= 11 is 0. The van der Waals surface area contributed by atoms with Crippen LogP contribution in [0.4, 0.5) is 0 Å².